The van der Waals surface area contributed by atoms with Gasteiger partial charge in [-0.05, 0) is 24.3 Å². The van der Waals surface area contributed by atoms with Gasteiger partial charge in [-0.25, -0.2) is 8.78 Å². The van der Waals surface area contributed by atoms with Gasteiger partial charge in [0.1, 0.15) is 17.3 Å². The van der Waals surface area contributed by atoms with Gasteiger partial charge in [0.15, 0.2) is 11.5 Å². The molecule has 0 fully saturated rings. The zero-order chi connectivity index (χ0) is 18.7. The topological polar surface area (TPSA) is 67.9 Å². The number of nitrogens with zero attached hydrogens (tertiary/aromatic N) is 1. The standard InChI is InChI=1S/C18H16F2N2O4/c1-11(23)22(18-13(19)3-2-4-14(18)20)8-7-17(24)21-12-5-6-15-16(9-12)26-10-25-15/h2-6,9H,7-8,10H2,1H3,(H,21,24). The van der Waals surface area contributed by atoms with Gasteiger partial charge in [0.05, 0.1) is 0 Å². The number of benzene rings is 2. The molecule has 0 saturated carbocycles. The van der Waals surface area contributed by atoms with Gasteiger partial charge in [0.25, 0.3) is 0 Å². The largest absolute Gasteiger partial charge is 0.454 e. The van der Waals surface area contributed by atoms with E-state index < -0.39 is 29.1 Å². The third kappa shape index (κ3) is 3.74. The number of nitrogens with one attached hydrogen (secondary N) is 1. The van der Waals surface area contributed by atoms with Gasteiger partial charge in [0.2, 0.25) is 18.6 Å². The molecule has 0 saturated heterocycles. The molecule has 0 atom stereocenters. The van der Waals surface area contributed by atoms with Crippen LogP contribution in [0.2, 0.25) is 0 Å². The van der Waals surface area contributed by atoms with Crippen molar-refractivity contribution in [3.8, 4) is 11.5 Å². The summed E-state index contributed by atoms with van der Waals surface area (Å²) in [5.41, 5.74) is 0.0292. The van der Waals surface area contributed by atoms with Gasteiger partial charge >= 0.3 is 0 Å². The van der Waals surface area contributed by atoms with E-state index in [0.29, 0.717) is 17.2 Å². The van der Waals surface area contributed by atoms with Crippen molar-refractivity contribution in [1.29, 1.82) is 0 Å². The summed E-state index contributed by atoms with van der Waals surface area (Å²) in [7, 11) is 0. The molecular formula is C18H16F2N2O4. The fourth-order valence-electron chi connectivity index (χ4n) is 2.58. The van der Waals surface area contributed by atoms with Crippen molar-refractivity contribution in [3.63, 3.8) is 0 Å². The zero-order valence-electron chi connectivity index (χ0n) is 13.9. The van der Waals surface area contributed by atoms with E-state index in [1.165, 1.54) is 13.0 Å². The molecule has 3 rings (SSSR count). The van der Waals surface area contributed by atoms with Gasteiger partial charge in [0, 0.05) is 31.6 Å². The second-order valence-corrected chi connectivity index (χ2v) is 5.61. The van der Waals surface area contributed by atoms with E-state index in [0.717, 1.165) is 17.0 Å². The normalized spacial score (nSPS) is 12.0. The van der Waals surface area contributed by atoms with Crippen LogP contribution in [0.4, 0.5) is 20.2 Å². The highest BCUT2D eigenvalue weighted by Crippen LogP contribution is 2.34. The van der Waals surface area contributed by atoms with Crippen LogP contribution < -0.4 is 19.7 Å². The predicted octanol–water partition coefficient (Wildman–Crippen LogP) is 3.08. The van der Waals surface area contributed by atoms with Gasteiger partial charge in [-0.15, -0.1) is 0 Å². The summed E-state index contributed by atoms with van der Waals surface area (Å²) in [5.74, 6) is -1.60. The minimum atomic E-state index is -0.864. The van der Waals surface area contributed by atoms with Crippen LogP contribution in [0.1, 0.15) is 13.3 Å². The lowest BCUT2D eigenvalue weighted by molar-refractivity contribution is -0.117. The van der Waals surface area contributed by atoms with Gasteiger partial charge in [-0.3, -0.25) is 9.59 Å². The first kappa shape index (κ1) is 17.7. The Balaban J connectivity index is 1.66. The van der Waals surface area contributed by atoms with E-state index in [1.54, 1.807) is 18.2 Å². The van der Waals surface area contributed by atoms with Gasteiger partial charge < -0.3 is 19.7 Å². The Morgan fingerprint density at radius 2 is 1.81 bits per heavy atom. The van der Waals surface area contributed by atoms with Crippen LogP contribution in [0.5, 0.6) is 11.5 Å². The second kappa shape index (κ2) is 7.38. The number of fused-ring (bicyclic) bond motifs is 1. The summed E-state index contributed by atoms with van der Waals surface area (Å²) in [4.78, 5) is 24.8. The molecule has 0 spiro atoms. The maximum Gasteiger partial charge on any atom is 0.231 e. The van der Waals surface area contributed by atoms with Crippen molar-refractivity contribution in [2.24, 2.45) is 0 Å². The maximum absolute atomic E-state index is 13.9. The molecule has 1 N–H and O–H groups in total. The van der Waals surface area contributed by atoms with Crippen LogP contribution in [-0.2, 0) is 9.59 Å². The summed E-state index contributed by atoms with van der Waals surface area (Å²) < 4.78 is 38.2. The molecule has 0 bridgehead atoms. The molecule has 2 amide bonds. The quantitative estimate of drug-likeness (QED) is 0.888. The smallest absolute Gasteiger partial charge is 0.231 e. The van der Waals surface area contributed by atoms with Crippen molar-refractivity contribution in [2.45, 2.75) is 13.3 Å². The Hall–Kier alpha value is -3.16. The second-order valence-electron chi connectivity index (χ2n) is 5.61. The van der Waals surface area contributed by atoms with Crippen molar-refractivity contribution in [1.82, 2.24) is 0 Å². The zero-order valence-corrected chi connectivity index (χ0v) is 13.9. The van der Waals surface area contributed by atoms with E-state index >= 15 is 0 Å². The summed E-state index contributed by atoms with van der Waals surface area (Å²) >= 11 is 0. The van der Waals surface area contributed by atoms with Crippen LogP contribution in [-0.4, -0.2) is 25.2 Å². The lowest BCUT2D eigenvalue weighted by Crippen LogP contribution is -2.33. The molecule has 2 aromatic carbocycles. The number of halogens is 2. The van der Waals surface area contributed by atoms with Crippen LogP contribution >= 0.6 is 0 Å². The lowest BCUT2D eigenvalue weighted by atomic mass is 10.2. The summed E-state index contributed by atoms with van der Waals surface area (Å²) in [5, 5.41) is 2.65. The van der Waals surface area contributed by atoms with Gasteiger partial charge in [-0.2, -0.15) is 0 Å². The molecule has 0 radical (unpaired) electrons. The monoisotopic (exact) mass is 362 g/mol. The summed E-state index contributed by atoms with van der Waals surface area (Å²) in [6.07, 6.45) is -0.137. The van der Waals surface area contributed by atoms with Gasteiger partial charge in [-0.1, -0.05) is 6.07 Å². The van der Waals surface area contributed by atoms with Crippen molar-refractivity contribution >= 4 is 23.2 Å². The Morgan fingerprint density at radius 1 is 1.12 bits per heavy atom. The van der Waals surface area contributed by atoms with Crippen LogP contribution in [0.15, 0.2) is 36.4 Å². The average molecular weight is 362 g/mol. The average Bonchev–Trinajstić information content (AvgIpc) is 3.04. The molecule has 1 heterocycles. The first-order valence-corrected chi connectivity index (χ1v) is 7.87. The minimum absolute atomic E-state index is 0.120. The Morgan fingerprint density at radius 3 is 2.50 bits per heavy atom. The number of rotatable bonds is 5. The molecule has 136 valence electrons. The SMILES string of the molecule is CC(=O)N(CCC(=O)Nc1ccc2c(c1)OCO2)c1c(F)cccc1F. The third-order valence-electron chi connectivity index (χ3n) is 3.81. The van der Waals surface area contributed by atoms with E-state index in [4.69, 9.17) is 9.47 Å². The van der Waals surface area contributed by atoms with Crippen LogP contribution in [0.25, 0.3) is 0 Å². The Kier molecular flexibility index (Phi) is 5.01. The number of anilines is 2. The molecule has 1 aliphatic rings. The molecule has 0 aliphatic carbocycles. The van der Waals surface area contributed by atoms with E-state index in [2.05, 4.69) is 5.32 Å². The number of carbonyl (C=O) groups is 2. The first-order valence-electron chi connectivity index (χ1n) is 7.87. The molecule has 6 nitrogen and oxygen atoms in total. The molecule has 8 heteroatoms. The third-order valence-corrected chi connectivity index (χ3v) is 3.81. The maximum atomic E-state index is 13.9. The van der Waals surface area contributed by atoms with E-state index in [1.807, 2.05) is 0 Å². The van der Waals surface area contributed by atoms with Crippen LogP contribution in [0.3, 0.4) is 0 Å². The highest BCUT2D eigenvalue weighted by atomic mass is 19.1. The first-order chi connectivity index (χ1) is 12.5. The molecular weight excluding hydrogens is 346 g/mol. The van der Waals surface area contributed by atoms with Crippen molar-refractivity contribution < 1.29 is 27.8 Å². The fraction of sp³-hybridized carbons (Fsp3) is 0.222. The van der Waals surface area contributed by atoms with E-state index in [-0.39, 0.29) is 19.8 Å². The molecule has 1 aliphatic heterocycles. The summed E-state index contributed by atoms with van der Waals surface area (Å²) in [6.45, 7) is 1.14. The predicted molar refractivity (Wildman–Crippen MR) is 90.2 cm³/mol. The van der Waals surface area contributed by atoms with Crippen molar-refractivity contribution in [2.75, 3.05) is 23.6 Å². The number of hydrogen-bond donors (Lipinski definition) is 1. The highest BCUT2D eigenvalue weighted by Gasteiger charge is 2.21. The summed E-state index contributed by atoms with van der Waals surface area (Å²) in [6, 6.07) is 8.24. The number of para-hydroxylation sites is 1. The van der Waals surface area contributed by atoms with Crippen molar-refractivity contribution in [3.05, 3.63) is 48.0 Å². The molecule has 0 unspecified atom stereocenters. The molecule has 2 aromatic rings. The fourth-order valence-corrected chi connectivity index (χ4v) is 2.58. The number of carbonyl (C=O) groups excluding carboxylic acids is 2. The molecule has 0 aromatic heterocycles. The van der Waals surface area contributed by atoms with Crippen LogP contribution in [0, 0.1) is 11.6 Å². The minimum Gasteiger partial charge on any atom is -0.454 e. The highest BCUT2D eigenvalue weighted by molar-refractivity contribution is 5.95. The number of amides is 2. The number of ether oxygens (including phenoxy) is 2. The van der Waals surface area contributed by atoms with E-state index in [9.17, 15) is 18.4 Å². The Labute approximate surface area is 148 Å². The number of hydrogen-bond acceptors (Lipinski definition) is 4. The Bertz CT molecular complexity index is 837. The lowest BCUT2D eigenvalue weighted by Gasteiger charge is -2.22. The molecule has 26 heavy (non-hydrogen) atoms.